The van der Waals surface area contributed by atoms with Crippen LogP contribution in [-0.4, -0.2) is 28.3 Å². The van der Waals surface area contributed by atoms with E-state index in [9.17, 15) is 4.79 Å². The van der Waals surface area contributed by atoms with Gasteiger partial charge in [0.15, 0.2) is 0 Å². The van der Waals surface area contributed by atoms with E-state index in [0.717, 1.165) is 36.5 Å². The quantitative estimate of drug-likeness (QED) is 0.915. The maximum atomic E-state index is 12.5. The zero-order chi connectivity index (χ0) is 15.5. The van der Waals surface area contributed by atoms with Gasteiger partial charge in [0.1, 0.15) is 0 Å². The van der Waals surface area contributed by atoms with Crippen molar-refractivity contribution in [1.82, 2.24) is 15.1 Å². The van der Waals surface area contributed by atoms with Crippen LogP contribution >= 0.6 is 0 Å². The Morgan fingerprint density at radius 3 is 2.91 bits per heavy atom. The van der Waals surface area contributed by atoms with Crippen molar-refractivity contribution >= 4 is 11.6 Å². The van der Waals surface area contributed by atoms with E-state index in [1.165, 1.54) is 0 Å². The van der Waals surface area contributed by atoms with Crippen LogP contribution in [0.5, 0.6) is 0 Å². The van der Waals surface area contributed by atoms with Gasteiger partial charge in [-0.3, -0.25) is 4.79 Å². The van der Waals surface area contributed by atoms with Crippen molar-refractivity contribution in [1.29, 1.82) is 0 Å². The number of benzene rings is 1. The molecular weight excluding hydrogens is 276 g/mol. The number of carbonyl (C=O) groups excluding carboxylic acids is 1. The van der Waals surface area contributed by atoms with Crippen LogP contribution in [0.4, 0.5) is 5.69 Å². The normalized spacial score (nSPS) is 21.5. The van der Waals surface area contributed by atoms with E-state index in [1.807, 2.05) is 43.5 Å². The summed E-state index contributed by atoms with van der Waals surface area (Å²) in [6.45, 7) is 4.98. The van der Waals surface area contributed by atoms with Gasteiger partial charge in [0, 0.05) is 18.2 Å². The van der Waals surface area contributed by atoms with E-state index in [4.69, 9.17) is 0 Å². The zero-order valence-corrected chi connectivity index (χ0v) is 13.0. The number of anilines is 1. The van der Waals surface area contributed by atoms with Crippen LogP contribution in [0.15, 0.2) is 36.5 Å². The summed E-state index contributed by atoms with van der Waals surface area (Å²) in [6, 6.07) is 10.1. The first-order chi connectivity index (χ1) is 10.6. The summed E-state index contributed by atoms with van der Waals surface area (Å²) in [5, 5.41) is 10.9. The molecule has 0 saturated carbocycles. The molecule has 5 nitrogen and oxygen atoms in total. The predicted octanol–water partition coefficient (Wildman–Crippen LogP) is 2.51. The molecule has 0 radical (unpaired) electrons. The molecule has 1 saturated heterocycles. The number of amides is 1. The number of carbonyl (C=O) groups is 1. The average molecular weight is 298 g/mol. The highest BCUT2D eigenvalue weighted by Crippen LogP contribution is 2.23. The van der Waals surface area contributed by atoms with Gasteiger partial charge in [0.05, 0.1) is 17.1 Å². The maximum absolute atomic E-state index is 12.5. The van der Waals surface area contributed by atoms with Crippen molar-refractivity contribution in [2.75, 3.05) is 11.9 Å². The molecule has 0 spiro atoms. The number of para-hydroxylation sites is 2. The van der Waals surface area contributed by atoms with E-state index in [-0.39, 0.29) is 11.8 Å². The molecule has 1 aromatic carbocycles. The monoisotopic (exact) mass is 298 g/mol. The molecule has 1 aliphatic rings. The van der Waals surface area contributed by atoms with E-state index >= 15 is 0 Å². The molecule has 2 aromatic rings. The lowest BCUT2D eigenvalue weighted by molar-refractivity contribution is -0.120. The topological polar surface area (TPSA) is 59.0 Å². The summed E-state index contributed by atoms with van der Waals surface area (Å²) in [4.78, 5) is 12.5. The summed E-state index contributed by atoms with van der Waals surface area (Å²) in [7, 11) is 0. The van der Waals surface area contributed by atoms with Gasteiger partial charge in [-0.05, 0) is 51.4 Å². The molecule has 1 aromatic heterocycles. The number of nitrogens with zero attached hydrogens (tertiary/aromatic N) is 2. The highest BCUT2D eigenvalue weighted by Gasteiger charge is 2.25. The molecule has 2 heterocycles. The first-order valence-corrected chi connectivity index (χ1v) is 7.79. The molecule has 2 atom stereocenters. The highest BCUT2D eigenvalue weighted by atomic mass is 16.1. The van der Waals surface area contributed by atoms with Crippen LogP contribution in [0.25, 0.3) is 5.69 Å². The van der Waals surface area contributed by atoms with E-state index < -0.39 is 0 Å². The highest BCUT2D eigenvalue weighted by molar-refractivity contribution is 5.94. The third-order valence-corrected chi connectivity index (χ3v) is 4.13. The van der Waals surface area contributed by atoms with Crippen molar-refractivity contribution < 1.29 is 4.79 Å². The molecule has 22 heavy (non-hydrogen) atoms. The number of hydrogen-bond acceptors (Lipinski definition) is 3. The second-order valence-corrected chi connectivity index (χ2v) is 5.98. The fourth-order valence-electron chi connectivity index (χ4n) is 2.93. The van der Waals surface area contributed by atoms with E-state index in [1.54, 1.807) is 4.68 Å². The molecule has 1 aliphatic heterocycles. The SMILES string of the molecule is Cc1ccn(-c2ccccc2NC(=O)[C@H]2CCN[C@@H](C)C2)n1. The first-order valence-electron chi connectivity index (χ1n) is 7.79. The standard InChI is InChI=1S/C17H22N4O/c1-12-8-10-21(20-12)16-6-4-3-5-15(16)19-17(22)14-7-9-18-13(2)11-14/h3-6,8,10,13-14,18H,7,9,11H2,1-2H3,(H,19,22)/t13-,14-/m0/s1. The lowest BCUT2D eigenvalue weighted by Gasteiger charge is -2.27. The van der Waals surface area contributed by atoms with Gasteiger partial charge in [0.25, 0.3) is 0 Å². The lowest BCUT2D eigenvalue weighted by atomic mass is 9.92. The molecule has 0 bridgehead atoms. The minimum absolute atomic E-state index is 0.0728. The Labute approximate surface area is 130 Å². The fourth-order valence-corrected chi connectivity index (χ4v) is 2.93. The summed E-state index contributed by atoms with van der Waals surface area (Å²) in [6.07, 6.45) is 3.68. The molecule has 0 unspecified atom stereocenters. The van der Waals surface area contributed by atoms with Crippen LogP contribution in [0, 0.1) is 12.8 Å². The number of nitrogens with one attached hydrogen (secondary N) is 2. The Hall–Kier alpha value is -2.14. The van der Waals surface area contributed by atoms with Gasteiger partial charge in [-0.1, -0.05) is 12.1 Å². The first kappa shape index (κ1) is 14.8. The number of aryl methyl sites for hydroxylation is 1. The molecule has 116 valence electrons. The Balaban J connectivity index is 1.79. The number of piperidine rings is 1. The molecular formula is C17H22N4O. The van der Waals surface area contributed by atoms with Crippen molar-refractivity contribution in [3.8, 4) is 5.69 Å². The van der Waals surface area contributed by atoms with E-state index in [2.05, 4.69) is 22.7 Å². The molecule has 1 amide bonds. The number of aromatic nitrogens is 2. The van der Waals surface area contributed by atoms with Crippen LogP contribution in [0.1, 0.15) is 25.5 Å². The minimum atomic E-state index is 0.0728. The summed E-state index contributed by atoms with van der Waals surface area (Å²) >= 11 is 0. The maximum Gasteiger partial charge on any atom is 0.227 e. The van der Waals surface area contributed by atoms with Gasteiger partial charge in [-0.2, -0.15) is 5.10 Å². The Bertz CT molecular complexity index is 664. The van der Waals surface area contributed by atoms with Crippen molar-refractivity contribution in [3.05, 3.63) is 42.2 Å². The van der Waals surface area contributed by atoms with E-state index in [0.29, 0.717) is 6.04 Å². The average Bonchev–Trinajstić information content (AvgIpc) is 2.94. The second kappa shape index (κ2) is 6.32. The number of hydrogen-bond donors (Lipinski definition) is 2. The van der Waals surface area contributed by atoms with Gasteiger partial charge in [0.2, 0.25) is 5.91 Å². The second-order valence-electron chi connectivity index (χ2n) is 5.98. The van der Waals surface area contributed by atoms with Gasteiger partial charge in [-0.25, -0.2) is 4.68 Å². The summed E-state index contributed by atoms with van der Waals surface area (Å²) in [5.74, 6) is 0.174. The molecule has 2 N–H and O–H groups in total. The minimum Gasteiger partial charge on any atom is -0.324 e. The third kappa shape index (κ3) is 3.20. The summed E-state index contributed by atoms with van der Waals surface area (Å²) in [5.41, 5.74) is 2.65. The van der Waals surface area contributed by atoms with Crippen molar-refractivity contribution in [2.24, 2.45) is 5.92 Å². The summed E-state index contributed by atoms with van der Waals surface area (Å²) < 4.78 is 1.80. The lowest BCUT2D eigenvalue weighted by Crippen LogP contribution is -2.40. The smallest absolute Gasteiger partial charge is 0.227 e. The van der Waals surface area contributed by atoms with Crippen LogP contribution in [0.2, 0.25) is 0 Å². The Morgan fingerprint density at radius 1 is 1.36 bits per heavy atom. The van der Waals surface area contributed by atoms with Crippen LogP contribution < -0.4 is 10.6 Å². The van der Waals surface area contributed by atoms with Gasteiger partial charge >= 0.3 is 0 Å². The third-order valence-electron chi connectivity index (χ3n) is 4.13. The van der Waals surface area contributed by atoms with Crippen molar-refractivity contribution in [3.63, 3.8) is 0 Å². The molecule has 1 fully saturated rings. The van der Waals surface area contributed by atoms with Gasteiger partial charge in [-0.15, -0.1) is 0 Å². The Kier molecular flexibility index (Phi) is 4.24. The van der Waals surface area contributed by atoms with Crippen LogP contribution in [0.3, 0.4) is 0 Å². The van der Waals surface area contributed by atoms with Crippen LogP contribution in [-0.2, 0) is 4.79 Å². The molecule has 3 rings (SSSR count). The predicted molar refractivity (Wildman–Crippen MR) is 87.1 cm³/mol. The Morgan fingerprint density at radius 2 is 2.18 bits per heavy atom. The van der Waals surface area contributed by atoms with Gasteiger partial charge < -0.3 is 10.6 Å². The van der Waals surface area contributed by atoms with Crippen molar-refractivity contribution in [2.45, 2.75) is 32.7 Å². The molecule has 0 aliphatic carbocycles. The fraction of sp³-hybridized carbons (Fsp3) is 0.412. The number of rotatable bonds is 3. The zero-order valence-electron chi connectivity index (χ0n) is 13.0. The largest absolute Gasteiger partial charge is 0.324 e. The molecule has 5 heteroatoms.